The fraction of sp³-hybridized carbons (Fsp3) is 0.312. The van der Waals surface area contributed by atoms with E-state index in [9.17, 15) is 9.59 Å². The number of nitrogens with zero attached hydrogens (tertiary/aromatic N) is 3. The standard InChI is InChI=1S/C32H34ClN3O6/c1-20-9-14-26(17-21(20)2)40-28(24-7-6-8-25(33)18-24)30-34-29(35-42-30)23-12-10-22(11-13-23)19-36(16-15-27(37)38)31(39)41-32(3,4)5/h6-14,17-18,28H,15-16,19H2,1-5H3,(H,37,38). The van der Waals surface area contributed by atoms with E-state index in [1.54, 1.807) is 32.9 Å². The van der Waals surface area contributed by atoms with Gasteiger partial charge in [0.15, 0.2) is 0 Å². The first-order chi connectivity index (χ1) is 19.9. The summed E-state index contributed by atoms with van der Waals surface area (Å²) in [6, 6.07) is 20.4. The van der Waals surface area contributed by atoms with Crippen molar-refractivity contribution in [2.24, 2.45) is 0 Å². The Kier molecular flexibility index (Phi) is 9.52. The van der Waals surface area contributed by atoms with Crippen LogP contribution in [0.15, 0.2) is 71.3 Å². The van der Waals surface area contributed by atoms with Gasteiger partial charge in [0.05, 0.1) is 6.42 Å². The molecule has 1 unspecified atom stereocenters. The topological polar surface area (TPSA) is 115 Å². The van der Waals surface area contributed by atoms with Gasteiger partial charge in [-0.3, -0.25) is 4.79 Å². The second-order valence-corrected chi connectivity index (χ2v) is 11.4. The molecule has 4 aromatic rings. The summed E-state index contributed by atoms with van der Waals surface area (Å²) < 4.78 is 17.5. The lowest BCUT2D eigenvalue weighted by atomic mass is 10.1. The Morgan fingerprint density at radius 1 is 1.02 bits per heavy atom. The Balaban J connectivity index is 1.55. The van der Waals surface area contributed by atoms with Crippen LogP contribution >= 0.6 is 11.6 Å². The molecule has 3 aromatic carbocycles. The Hall–Kier alpha value is -4.37. The van der Waals surface area contributed by atoms with Gasteiger partial charge in [0.1, 0.15) is 11.4 Å². The first-order valence-electron chi connectivity index (χ1n) is 13.5. The number of rotatable bonds is 10. The molecule has 0 aliphatic carbocycles. The van der Waals surface area contributed by atoms with E-state index >= 15 is 0 Å². The van der Waals surface area contributed by atoms with E-state index < -0.39 is 23.8 Å². The molecule has 0 spiro atoms. The van der Waals surface area contributed by atoms with E-state index in [0.717, 1.165) is 22.3 Å². The molecule has 0 radical (unpaired) electrons. The highest BCUT2D eigenvalue weighted by Crippen LogP contribution is 2.31. The van der Waals surface area contributed by atoms with Crippen molar-refractivity contribution in [2.75, 3.05) is 6.54 Å². The van der Waals surface area contributed by atoms with Crippen LogP contribution in [0.2, 0.25) is 5.02 Å². The highest BCUT2D eigenvalue weighted by molar-refractivity contribution is 6.30. The molecule has 42 heavy (non-hydrogen) atoms. The molecule has 220 valence electrons. The van der Waals surface area contributed by atoms with E-state index in [-0.39, 0.29) is 25.4 Å². The van der Waals surface area contributed by atoms with Crippen LogP contribution in [0.5, 0.6) is 5.75 Å². The van der Waals surface area contributed by atoms with E-state index in [1.165, 1.54) is 4.90 Å². The average Bonchev–Trinajstić information content (AvgIpc) is 3.41. The van der Waals surface area contributed by atoms with Crippen LogP contribution in [-0.4, -0.2) is 44.4 Å². The quantitative estimate of drug-likeness (QED) is 0.203. The van der Waals surface area contributed by atoms with Crippen molar-refractivity contribution in [1.82, 2.24) is 15.0 Å². The summed E-state index contributed by atoms with van der Waals surface area (Å²) in [6.07, 6.45) is -1.46. The van der Waals surface area contributed by atoms with Gasteiger partial charge in [0.2, 0.25) is 11.9 Å². The zero-order valence-electron chi connectivity index (χ0n) is 24.3. The highest BCUT2D eigenvalue weighted by atomic mass is 35.5. The molecule has 10 heteroatoms. The molecule has 0 bridgehead atoms. The molecular formula is C32H34ClN3O6. The monoisotopic (exact) mass is 591 g/mol. The zero-order valence-corrected chi connectivity index (χ0v) is 25.0. The summed E-state index contributed by atoms with van der Waals surface area (Å²) in [4.78, 5) is 29.8. The molecule has 0 saturated heterocycles. The maximum Gasteiger partial charge on any atom is 0.410 e. The molecule has 4 rings (SSSR count). The van der Waals surface area contributed by atoms with Gasteiger partial charge in [-0.05, 0) is 75.6 Å². The van der Waals surface area contributed by atoms with Crippen LogP contribution in [-0.2, 0) is 16.1 Å². The molecular weight excluding hydrogens is 558 g/mol. The maximum atomic E-state index is 12.7. The van der Waals surface area contributed by atoms with E-state index in [1.807, 2.05) is 68.4 Å². The van der Waals surface area contributed by atoms with Gasteiger partial charge in [0.25, 0.3) is 5.89 Å². The van der Waals surface area contributed by atoms with Crippen molar-refractivity contribution in [3.05, 3.63) is 99.9 Å². The van der Waals surface area contributed by atoms with Crippen molar-refractivity contribution in [3.63, 3.8) is 0 Å². The van der Waals surface area contributed by atoms with Crippen molar-refractivity contribution < 1.29 is 28.7 Å². The van der Waals surface area contributed by atoms with Crippen molar-refractivity contribution >= 4 is 23.7 Å². The number of aromatic nitrogens is 2. The number of carboxylic acid groups (broad SMARTS) is 1. The number of benzene rings is 3. The third-order valence-corrected chi connectivity index (χ3v) is 6.62. The zero-order chi connectivity index (χ0) is 30.4. The molecule has 0 aliphatic heterocycles. The predicted octanol–water partition coefficient (Wildman–Crippen LogP) is 7.39. The SMILES string of the molecule is Cc1ccc(OC(c2cccc(Cl)c2)c2nc(-c3ccc(CN(CCC(=O)O)C(=O)OC(C)(C)C)cc3)no2)cc1C. The summed E-state index contributed by atoms with van der Waals surface area (Å²) in [7, 11) is 0. The van der Waals surface area contributed by atoms with Crippen molar-refractivity contribution in [2.45, 2.75) is 59.3 Å². The van der Waals surface area contributed by atoms with Crippen LogP contribution in [0.25, 0.3) is 11.4 Å². The third kappa shape index (κ3) is 8.33. The molecule has 1 amide bonds. The normalized spacial score (nSPS) is 12.0. The summed E-state index contributed by atoms with van der Waals surface area (Å²) in [5.41, 5.74) is 3.78. The molecule has 0 fully saturated rings. The van der Waals surface area contributed by atoms with Gasteiger partial charge in [0, 0.05) is 29.2 Å². The van der Waals surface area contributed by atoms with Crippen LogP contribution in [0.4, 0.5) is 4.79 Å². The Bertz CT molecular complexity index is 1540. The number of hydrogen-bond acceptors (Lipinski definition) is 7. The second-order valence-electron chi connectivity index (χ2n) is 11.0. The van der Waals surface area contributed by atoms with E-state index in [4.69, 9.17) is 30.7 Å². The molecule has 0 saturated carbocycles. The van der Waals surface area contributed by atoms with Crippen LogP contribution in [0.1, 0.15) is 61.4 Å². The molecule has 1 N–H and O–H groups in total. The lowest BCUT2D eigenvalue weighted by Gasteiger charge is -2.27. The van der Waals surface area contributed by atoms with Crippen LogP contribution < -0.4 is 4.74 Å². The second kappa shape index (κ2) is 13.1. The lowest BCUT2D eigenvalue weighted by Crippen LogP contribution is -2.37. The fourth-order valence-electron chi connectivity index (χ4n) is 4.08. The minimum atomic E-state index is -0.996. The highest BCUT2D eigenvalue weighted by Gasteiger charge is 2.25. The minimum absolute atomic E-state index is 0.0194. The average molecular weight is 592 g/mol. The fourth-order valence-corrected chi connectivity index (χ4v) is 4.28. The first-order valence-corrected chi connectivity index (χ1v) is 13.9. The first kappa shape index (κ1) is 30.6. The summed E-state index contributed by atoms with van der Waals surface area (Å²) in [5, 5.41) is 13.9. The maximum absolute atomic E-state index is 12.7. The molecule has 1 atom stereocenters. The number of aryl methyl sites for hydroxylation is 2. The van der Waals surface area contributed by atoms with E-state index in [0.29, 0.717) is 22.2 Å². The van der Waals surface area contributed by atoms with Crippen LogP contribution in [0, 0.1) is 13.8 Å². The van der Waals surface area contributed by atoms with Gasteiger partial charge in [-0.15, -0.1) is 0 Å². The van der Waals surface area contributed by atoms with Gasteiger partial charge in [-0.1, -0.05) is 59.2 Å². The lowest BCUT2D eigenvalue weighted by molar-refractivity contribution is -0.137. The van der Waals surface area contributed by atoms with E-state index in [2.05, 4.69) is 10.1 Å². The summed E-state index contributed by atoms with van der Waals surface area (Å²) in [5.74, 6) is 0.287. The Morgan fingerprint density at radius 3 is 2.40 bits per heavy atom. The molecule has 1 heterocycles. The number of ether oxygens (including phenoxy) is 2. The molecule has 9 nitrogen and oxygen atoms in total. The van der Waals surface area contributed by atoms with Gasteiger partial charge >= 0.3 is 12.1 Å². The minimum Gasteiger partial charge on any atom is -0.481 e. The predicted molar refractivity (Wildman–Crippen MR) is 158 cm³/mol. The number of carbonyl (C=O) groups excluding carboxylic acids is 1. The number of amides is 1. The Morgan fingerprint density at radius 2 is 1.76 bits per heavy atom. The van der Waals surface area contributed by atoms with Crippen LogP contribution in [0.3, 0.4) is 0 Å². The van der Waals surface area contributed by atoms with Gasteiger partial charge in [-0.2, -0.15) is 4.98 Å². The number of halogens is 1. The largest absolute Gasteiger partial charge is 0.481 e. The molecule has 0 aliphatic rings. The smallest absolute Gasteiger partial charge is 0.410 e. The summed E-state index contributed by atoms with van der Waals surface area (Å²) >= 11 is 6.28. The molecule has 1 aromatic heterocycles. The van der Waals surface area contributed by atoms with Gasteiger partial charge in [-0.25, -0.2) is 4.79 Å². The number of aliphatic carboxylic acids is 1. The van der Waals surface area contributed by atoms with Crippen molar-refractivity contribution in [3.8, 4) is 17.1 Å². The van der Waals surface area contributed by atoms with Crippen molar-refractivity contribution in [1.29, 1.82) is 0 Å². The third-order valence-electron chi connectivity index (χ3n) is 6.38. The number of hydrogen-bond donors (Lipinski definition) is 1. The summed E-state index contributed by atoms with van der Waals surface area (Å²) in [6.45, 7) is 9.54. The Labute approximate surface area is 250 Å². The number of carbonyl (C=O) groups is 2. The van der Waals surface area contributed by atoms with Gasteiger partial charge < -0.3 is 24.0 Å². The number of carboxylic acids is 1.